The highest BCUT2D eigenvalue weighted by atomic mass is 35.5. The van der Waals surface area contributed by atoms with Gasteiger partial charge >= 0.3 is 0 Å². The number of hydrogen-bond acceptors (Lipinski definition) is 2. The van der Waals surface area contributed by atoms with E-state index in [1.165, 1.54) is 51.1 Å². The normalized spacial score (nSPS) is 11.6. The smallest absolute Gasteiger partial charge is 0.0618 e. The molecule has 6 aromatic carbocycles. The van der Waals surface area contributed by atoms with Gasteiger partial charge in [0.25, 0.3) is 0 Å². The zero-order valence-corrected chi connectivity index (χ0v) is 32.6. The molecule has 0 radical (unpaired) electrons. The summed E-state index contributed by atoms with van der Waals surface area (Å²) >= 11 is 15.0. The van der Waals surface area contributed by atoms with E-state index in [0.717, 1.165) is 39.8 Å². The Bertz CT molecular complexity index is 2000. The Morgan fingerprint density at radius 3 is 1.76 bits per heavy atom. The van der Waals surface area contributed by atoms with E-state index in [-0.39, 0.29) is 5.41 Å². The molecule has 0 atom stereocenters. The number of rotatable bonds is 12. The van der Waals surface area contributed by atoms with Crippen molar-refractivity contribution in [3.05, 3.63) is 161 Å². The van der Waals surface area contributed by atoms with Crippen LogP contribution in [0.1, 0.15) is 65.0 Å². The van der Waals surface area contributed by atoms with Crippen LogP contribution in [0.4, 0.5) is 17.1 Å². The van der Waals surface area contributed by atoms with Gasteiger partial charge in [0.05, 0.1) is 5.69 Å². The van der Waals surface area contributed by atoms with E-state index in [0.29, 0.717) is 10.9 Å². The molecule has 51 heavy (non-hydrogen) atoms. The lowest BCUT2D eigenvalue weighted by Crippen LogP contribution is -2.16. The highest BCUT2D eigenvalue weighted by Crippen LogP contribution is 2.49. The minimum atomic E-state index is -0.0663. The summed E-state index contributed by atoms with van der Waals surface area (Å²) in [5, 5.41) is 1.44. The molecule has 4 heteroatoms. The summed E-state index contributed by atoms with van der Waals surface area (Å²) in [4.78, 5) is 4.72. The molecule has 6 aromatic rings. The van der Waals surface area contributed by atoms with Crippen LogP contribution < -0.4 is 4.90 Å². The molecule has 0 aliphatic heterocycles. The maximum absolute atomic E-state index is 6.81. The number of unbranched alkanes of at least 4 members (excludes halogenated alkanes) is 1. The largest absolute Gasteiger partial charge is 0.309 e. The first-order chi connectivity index (χ1) is 24.5. The van der Waals surface area contributed by atoms with E-state index < -0.39 is 0 Å². The molecule has 0 heterocycles. The van der Waals surface area contributed by atoms with Crippen LogP contribution in [0.3, 0.4) is 0 Å². The van der Waals surface area contributed by atoms with Crippen LogP contribution >= 0.6 is 35.0 Å². The van der Waals surface area contributed by atoms with Gasteiger partial charge in [0.15, 0.2) is 0 Å². The summed E-state index contributed by atoms with van der Waals surface area (Å²) in [6.45, 7) is 11.5. The van der Waals surface area contributed by atoms with Crippen molar-refractivity contribution in [3.63, 3.8) is 0 Å². The fraction of sp³-hybridized carbons (Fsp3) is 0.234. The van der Waals surface area contributed by atoms with Crippen molar-refractivity contribution in [1.29, 1.82) is 0 Å². The summed E-state index contributed by atoms with van der Waals surface area (Å²) in [5.41, 5.74) is 10.5. The monoisotopic (exact) mass is 727 g/mol. The van der Waals surface area contributed by atoms with E-state index in [9.17, 15) is 0 Å². The molecule has 0 unspecified atom stereocenters. The first-order valence-corrected chi connectivity index (χ1v) is 19.5. The Morgan fingerprint density at radius 2 is 1.20 bits per heavy atom. The van der Waals surface area contributed by atoms with Crippen LogP contribution in [-0.2, 0) is 11.8 Å². The lowest BCUT2D eigenvalue weighted by atomic mass is 9.82. The predicted octanol–water partition coefficient (Wildman–Crippen LogP) is 15.6. The van der Waals surface area contributed by atoms with Gasteiger partial charge in [-0.3, -0.25) is 0 Å². The van der Waals surface area contributed by atoms with E-state index in [2.05, 4.69) is 155 Å². The van der Waals surface area contributed by atoms with Crippen molar-refractivity contribution in [2.45, 2.75) is 75.5 Å². The average Bonchev–Trinajstić information content (AvgIpc) is 3.10. The second-order valence-electron chi connectivity index (χ2n) is 14.8. The quantitative estimate of drug-likeness (QED) is 0.115. The van der Waals surface area contributed by atoms with Crippen LogP contribution in [0.25, 0.3) is 22.3 Å². The fourth-order valence-electron chi connectivity index (χ4n) is 6.53. The van der Waals surface area contributed by atoms with E-state index in [4.69, 9.17) is 23.2 Å². The number of benzene rings is 6. The fourth-order valence-corrected chi connectivity index (χ4v) is 7.96. The maximum Gasteiger partial charge on any atom is 0.0618 e. The SMILES string of the molecule is CC(C)CCCCc1cc(Sc2cccc(Cl)c2)cc(N(c2cccc(Cl)c2)c2c(-c3ccccc3)cc(C(C)(C)C)cc2-c2ccccc2)c1. The van der Waals surface area contributed by atoms with E-state index in [1.807, 2.05) is 24.3 Å². The van der Waals surface area contributed by atoms with Crippen LogP contribution in [0, 0.1) is 5.92 Å². The molecule has 0 aromatic heterocycles. The predicted molar refractivity (Wildman–Crippen MR) is 224 cm³/mol. The third-order valence-corrected chi connectivity index (χ3v) is 10.6. The third kappa shape index (κ3) is 9.49. The molecule has 0 N–H and O–H groups in total. The molecule has 0 fully saturated rings. The molecule has 0 bridgehead atoms. The van der Waals surface area contributed by atoms with Gasteiger partial charge in [-0.1, -0.05) is 155 Å². The number of halogens is 2. The second kappa shape index (κ2) is 16.6. The van der Waals surface area contributed by atoms with Crippen molar-refractivity contribution in [1.82, 2.24) is 0 Å². The minimum Gasteiger partial charge on any atom is -0.309 e. The lowest BCUT2D eigenvalue weighted by molar-refractivity contribution is 0.538. The summed E-state index contributed by atoms with van der Waals surface area (Å²) in [6.07, 6.45) is 4.60. The van der Waals surface area contributed by atoms with Crippen molar-refractivity contribution in [2.75, 3.05) is 4.90 Å². The van der Waals surface area contributed by atoms with Crippen molar-refractivity contribution >= 4 is 52.0 Å². The molecule has 0 saturated carbocycles. The number of nitrogens with zero attached hydrogens (tertiary/aromatic N) is 1. The van der Waals surface area contributed by atoms with Crippen LogP contribution in [0.5, 0.6) is 0 Å². The van der Waals surface area contributed by atoms with Gasteiger partial charge in [-0.2, -0.15) is 0 Å². The second-order valence-corrected chi connectivity index (χ2v) is 16.8. The first kappa shape index (κ1) is 36.8. The molecule has 6 rings (SSSR count). The molecule has 0 saturated heterocycles. The molecule has 0 amide bonds. The molecular weight excluding hydrogens is 681 g/mol. The molecular formula is C47H47Cl2NS. The minimum absolute atomic E-state index is 0.0663. The standard InChI is InChI=1S/C47H47Cl2NS/c1-33(2)16-12-13-17-34-26-41(32-43(27-34)51-42-25-15-23-39(49)31-42)50(40-24-14-22-38(48)30-40)46-44(35-18-8-6-9-19-35)28-37(47(3,4)5)29-45(46)36-20-10-7-11-21-36/h6-11,14-15,18-33H,12-13,16-17H2,1-5H3. The van der Waals surface area contributed by atoms with Gasteiger partial charge < -0.3 is 4.90 Å². The lowest BCUT2D eigenvalue weighted by Gasteiger charge is -2.33. The van der Waals surface area contributed by atoms with Crippen LogP contribution in [-0.4, -0.2) is 0 Å². The Morgan fingerprint density at radius 1 is 0.588 bits per heavy atom. The molecule has 0 spiro atoms. The van der Waals surface area contributed by atoms with E-state index in [1.54, 1.807) is 11.8 Å². The van der Waals surface area contributed by atoms with Crippen molar-refractivity contribution < 1.29 is 0 Å². The Kier molecular flexibility index (Phi) is 12.0. The number of anilines is 3. The van der Waals surface area contributed by atoms with Crippen LogP contribution in [0.2, 0.25) is 10.0 Å². The van der Waals surface area contributed by atoms with Crippen molar-refractivity contribution in [2.24, 2.45) is 5.92 Å². The van der Waals surface area contributed by atoms with Crippen molar-refractivity contribution in [3.8, 4) is 22.3 Å². The first-order valence-electron chi connectivity index (χ1n) is 18.0. The summed E-state index contributed by atoms with van der Waals surface area (Å²) < 4.78 is 0. The Balaban J connectivity index is 1.65. The highest BCUT2D eigenvalue weighted by Gasteiger charge is 2.26. The zero-order chi connectivity index (χ0) is 36.0. The average molecular weight is 729 g/mol. The summed E-state index contributed by atoms with van der Waals surface area (Å²) in [7, 11) is 0. The molecule has 1 nitrogen and oxygen atoms in total. The Hall–Kier alpha value is -3.95. The van der Waals surface area contributed by atoms with Gasteiger partial charge in [-0.25, -0.2) is 0 Å². The van der Waals surface area contributed by atoms with Crippen LogP contribution in [0.15, 0.2) is 149 Å². The molecule has 0 aliphatic rings. The van der Waals surface area contributed by atoms with Gasteiger partial charge in [0.1, 0.15) is 0 Å². The van der Waals surface area contributed by atoms with Gasteiger partial charge in [0.2, 0.25) is 0 Å². The Labute approximate surface area is 319 Å². The summed E-state index contributed by atoms with van der Waals surface area (Å²) in [5.74, 6) is 0.701. The summed E-state index contributed by atoms with van der Waals surface area (Å²) in [6, 6.07) is 49.9. The number of aryl methyl sites for hydroxylation is 1. The molecule has 260 valence electrons. The maximum atomic E-state index is 6.81. The zero-order valence-electron chi connectivity index (χ0n) is 30.3. The number of hydrogen-bond donors (Lipinski definition) is 0. The molecule has 0 aliphatic carbocycles. The highest BCUT2D eigenvalue weighted by molar-refractivity contribution is 7.99. The van der Waals surface area contributed by atoms with Gasteiger partial charge in [-0.15, -0.1) is 0 Å². The van der Waals surface area contributed by atoms with Gasteiger partial charge in [0, 0.05) is 42.3 Å². The van der Waals surface area contributed by atoms with Gasteiger partial charge in [-0.05, 0) is 113 Å². The van der Waals surface area contributed by atoms with E-state index >= 15 is 0 Å². The topological polar surface area (TPSA) is 3.24 Å². The third-order valence-electron chi connectivity index (χ3n) is 9.17.